The second kappa shape index (κ2) is 10.7. The zero-order valence-electron chi connectivity index (χ0n) is 10.7. The van der Waals surface area contributed by atoms with E-state index in [4.69, 9.17) is 5.73 Å². The lowest BCUT2D eigenvalue weighted by Gasteiger charge is -2.09. The molecule has 0 saturated carbocycles. The van der Waals surface area contributed by atoms with Gasteiger partial charge in [-0.15, -0.1) is 6.58 Å². The highest BCUT2D eigenvalue weighted by Gasteiger charge is 2.11. The highest BCUT2D eigenvalue weighted by molar-refractivity contribution is 5.76. The normalized spacial score (nSPS) is 12.3. The molecule has 0 aliphatic heterocycles. The van der Waals surface area contributed by atoms with Crippen molar-refractivity contribution in [2.45, 2.75) is 64.7 Å². The molecule has 0 aromatic heterocycles. The molecule has 0 fully saturated rings. The van der Waals surface area contributed by atoms with Gasteiger partial charge in [0.2, 0.25) is 5.91 Å². The van der Waals surface area contributed by atoms with E-state index in [0.717, 1.165) is 25.7 Å². The summed E-state index contributed by atoms with van der Waals surface area (Å²) in [7, 11) is 0. The molecule has 1 atom stereocenters. The first-order chi connectivity index (χ1) is 7.72. The number of nitrogens with two attached hydrogens (primary N) is 1. The molecule has 0 heterocycles. The summed E-state index contributed by atoms with van der Waals surface area (Å²) in [6.45, 7) is 5.74. The first kappa shape index (κ1) is 15.2. The van der Waals surface area contributed by atoms with Crippen LogP contribution < -0.4 is 5.73 Å². The highest BCUT2D eigenvalue weighted by atomic mass is 16.1. The zero-order chi connectivity index (χ0) is 12.2. The topological polar surface area (TPSA) is 43.1 Å². The van der Waals surface area contributed by atoms with Gasteiger partial charge < -0.3 is 5.73 Å². The Hall–Kier alpha value is -0.790. The minimum atomic E-state index is -0.131. The van der Waals surface area contributed by atoms with E-state index in [2.05, 4.69) is 6.58 Å². The predicted octanol–water partition coefficient (Wildman–Crippen LogP) is 3.80. The molecule has 0 radical (unpaired) electrons. The van der Waals surface area contributed by atoms with E-state index in [1.54, 1.807) is 0 Å². The first-order valence-electron chi connectivity index (χ1n) is 6.62. The third kappa shape index (κ3) is 8.51. The predicted molar refractivity (Wildman–Crippen MR) is 70.1 cm³/mol. The number of rotatable bonds is 11. The fraction of sp³-hybridized carbons (Fsp3) is 0.786. The van der Waals surface area contributed by atoms with Gasteiger partial charge in [0.1, 0.15) is 0 Å². The molecule has 16 heavy (non-hydrogen) atoms. The minimum absolute atomic E-state index is 0.0979. The van der Waals surface area contributed by atoms with E-state index < -0.39 is 0 Å². The smallest absolute Gasteiger partial charge is 0.220 e. The SMILES string of the molecule is C=CCCCCCCCCC(CC)C(N)=O. The average Bonchev–Trinajstić information content (AvgIpc) is 2.26. The number of carbonyl (C=O) groups excluding carboxylic acids is 1. The molecule has 0 aliphatic carbocycles. The Morgan fingerprint density at radius 1 is 1.19 bits per heavy atom. The Labute approximate surface area is 100 Å². The third-order valence-corrected chi connectivity index (χ3v) is 3.11. The first-order valence-corrected chi connectivity index (χ1v) is 6.62. The van der Waals surface area contributed by atoms with Crippen LogP contribution in [-0.4, -0.2) is 5.91 Å². The largest absolute Gasteiger partial charge is 0.369 e. The van der Waals surface area contributed by atoms with Crippen LogP contribution in [0, 0.1) is 5.92 Å². The number of unbranched alkanes of at least 4 members (excludes halogenated alkanes) is 6. The van der Waals surface area contributed by atoms with Crippen molar-refractivity contribution in [2.75, 3.05) is 0 Å². The summed E-state index contributed by atoms with van der Waals surface area (Å²) in [4.78, 5) is 11.0. The number of allylic oxidation sites excluding steroid dienone is 1. The van der Waals surface area contributed by atoms with Crippen LogP contribution in [0.25, 0.3) is 0 Å². The average molecular weight is 225 g/mol. The summed E-state index contributed by atoms with van der Waals surface area (Å²) in [6.07, 6.45) is 12.5. The van der Waals surface area contributed by atoms with Gasteiger partial charge in [-0.05, 0) is 25.7 Å². The van der Waals surface area contributed by atoms with E-state index in [9.17, 15) is 4.79 Å². The van der Waals surface area contributed by atoms with Crippen LogP contribution in [0.4, 0.5) is 0 Å². The minimum Gasteiger partial charge on any atom is -0.369 e. The Morgan fingerprint density at radius 2 is 1.75 bits per heavy atom. The second-order valence-electron chi connectivity index (χ2n) is 4.49. The molecule has 2 nitrogen and oxygen atoms in total. The maximum absolute atomic E-state index is 11.0. The number of amides is 1. The van der Waals surface area contributed by atoms with Crippen LogP contribution in [0.15, 0.2) is 12.7 Å². The van der Waals surface area contributed by atoms with Crippen LogP contribution >= 0.6 is 0 Å². The molecule has 0 aliphatic rings. The molecular weight excluding hydrogens is 198 g/mol. The Bertz CT molecular complexity index is 189. The van der Waals surface area contributed by atoms with Gasteiger partial charge in [0.05, 0.1) is 0 Å². The maximum atomic E-state index is 11.0. The molecule has 0 bridgehead atoms. The molecule has 94 valence electrons. The summed E-state index contributed by atoms with van der Waals surface area (Å²) in [5, 5.41) is 0. The fourth-order valence-corrected chi connectivity index (χ4v) is 1.93. The van der Waals surface area contributed by atoms with Crippen molar-refractivity contribution in [3.63, 3.8) is 0 Å². The molecule has 0 aromatic rings. The van der Waals surface area contributed by atoms with E-state index >= 15 is 0 Å². The van der Waals surface area contributed by atoms with Crippen LogP contribution in [0.5, 0.6) is 0 Å². The zero-order valence-corrected chi connectivity index (χ0v) is 10.7. The van der Waals surface area contributed by atoms with Crippen LogP contribution in [-0.2, 0) is 4.79 Å². The van der Waals surface area contributed by atoms with Gasteiger partial charge in [0, 0.05) is 5.92 Å². The lowest BCUT2D eigenvalue weighted by Crippen LogP contribution is -2.22. The number of carbonyl (C=O) groups is 1. The molecule has 0 rings (SSSR count). The van der Waals surface area contributed by atoms with Gasteiger partial charge in [-0.3, -0.25) is 4.79 Å². The summed E-state index contributed by atoms with van der Waals surface area (Å²) in [6, 6.07) is 0. The van der Waals surface area contributed by atoms with Gasteiger partial charge in [-0.1, -0.05) is 45.1 Å². The molecule has 1 unspecified atom stereocenters. The van der Waals surface area contributed by atoms with Crippen molar-refractivity contribution in [3.05, 3.63) is 12.7 Å². The van der Waals surface area contributed by atoms with Crippen molar-refractivity contribution in [1.82, 2.24) is 0 Å². The van der Waals surface area contributed by atoms with Crippen molar-refractivity contribution in [3.8, 4) is 0 Å². The summed E-state index contributed by atoms with van der Waals surface area (Å²) < 4.78 is 0. The van der Waals surface area contributed by atoms with Gasteiger partial charge in [-0.25, -0.2) is 0 Å². The highest BCUT2D eigenvalue weighted by Crippen LogP contribution is 2.14. The fourth-order valence-electron chi connectivity index (χ4n) is 1.93. The number of primary amides is 1. The quantitative estimate of drug-likeness (QED) is 0.422. The molecular formula is C14H27NO. The van der Waals surface area contributed by atoms with Crippen molar-refractivity contribution in [2.24, 2.45) is 11.7 Å². The lowest BCUT2D eigenvalue weighted by atomic mass is 9.97. The Kier molecular flexibility index (Phi) is 10.2. The third-order valence-electron chi connectivity index (χ3n) is 3.11. The second-order valence-corrected chi connectivity index (χ2v) is 4.49. The lowest BCUT2D eigenvalue weighted by molar-refractivity contribution is -0.122. The van der Waals surface area contributed by atoms with E-state index in [-0.39, 0.29) is 11.8 Å². The molecule has 0 aromatic carbocycles. The van der Waals surface area contributed by atoms with Crippen LogP contribution in [0.2, 0.25) is 0 Å². The van der Waals surface area contributed by atoms with Gasteiger partial charge in [0.25, 0.3) is 0 Å². The summed E-state index contributed by atoms with van der Waals surface area (Å²) in [5.74, 6) is -0.0331. The molecule has 0 saturated heterocycles. The molecule has 0 spiro atoms. The number of hydrogen-bond acceptors (Lipinski definition) is 1. The molecule has 1 amide bonds. The molecule has 2 heteroatoms. The maximum Gasteiger partial charge on any atom is 0.220 e. The van der Waals surface area contributed by atoms with Crippen molar-refractivity contribution < 1.29 is 4.79 Å². The number of hydrogen-bond donors (Lipinski definition) is 1. The Morgan fingerprint density at radius 3 is 2.25 bits per heavy atom. The van der Waals surface area contributed by atoms with Crippen molar-refractivity contribution >= 4 is 5.91 Å². The molecule has 2 N–H and O–H groups in total. The van der Waals surface area contributed by atoms with Gasteiger partial charge >= 0.3 is 0 Å². The van der Waals surface area contributed by atoms with Crippen LogP contribution in [0.3, 0.4) is 0 Å². The van der Waals surface area contributed by atoms with E-state index in [1.807, 2.05) is 13.0 Å². The summed E-state index contributed by atoms with van der Waals surface area (Å²) in [5.41, 5.74) is 5.29. The standard InChI is InChI=1S/C14H27NO/c1-3-5-6-7-8-9-10-11-12-13(4-2)14(15)16/h3,13H,1,4-12H2,2H3,(H2,15,16). The van der Waals surface area contributed by atoms with Gasteiger partial charge in [-0.2, -0.15) is 0 Å². The monoisotopic (exact) mass is 225 g/mol. The van der Waals surface area contributed by atoms with Gasteiger partial charge in [0.15, 0.2) is 0 Å². The Balaban J connectivity index is 3.25. The van der Waals surface area contributed by atoms with Crippen molar-refractivity contribution in [1.29, 1.82) is 0 Å². The van der Waals surface area contributed by atoms with Crippen LogP contribution in [0.1, 0.15) is 64.7 Å². The summed E-state index contributed by atoms with van der Waals surface area (Å²) >= 11 is 0. The van der Waals surface area contributed by atoms with E-state index in [1.165, 1.54) is 32.1 Å². The van der Waals surface area contributed by atoms with E-state index in [0.29, 0.717) is 0 Å².